The molecule has 0 aliphatic carbocycles. The van der Waals surface area contributed by atoms with Crippen LogP contribution in [0.4, 0.5) is 0 Å². The fraction of sp³-hybridized carbons (Fsp3) is 0.227. The number of carbonyl (C=O) groups is 1. The Bertz CT molecular complexity index is 1150. The van der Waals surface area contributed by atoms with Crippen LogP contribution < -0.4 is 10.0 Å². The first-order valence-corrected chi connectivity index (χ1v) is 11.0. The van der Waals surface area contributed by atoms with E-state index in [9.17, 15) is 13.2 Å². The van der Waals surface area contributed by atoms with E-state index in [0.717, 1.165) is 11.1 Å². The Morgan fingerprint density at radius 1 is 1.03 bits per heavy atom. The Kier molecular flexibility index (Phi) is 6.59. The fourth-order valence-corrected chi connectivity index (χ4v) is 4.40. The molecule has 2 aromatic carbocycles. The third-order valence-corrected chi connectivity index (χ3v) is 6.20. The molecule has 0 radical (unpaired) electrons. The monoisotopic (exact) mass is 424 g/mol. The number of benzene rings is 2. The molecule has 1 heterocycles. The van der Waals surface area contributed by atoms with Crippen molar-refractivity contribution in [3.63, 3.8) is 0 Å². The summed E-state index contributed by atoms with van der Waals surface area (Å²) in [7, 11) is -3.74. The van der Waals surface area contributed by atoms with E-state index in [1.807, 2.05) is 43.3 Å². The van der Waals surface area contributed by atoms with E-state index in [2.05, 4.69) is 20.0 Å². The molecule has 3 rings (SSSR count). The average Bonchev–Trinajstić information content (AvgIpc) is 2.71. The first-order chi connectivity index (χ1) is 14.3. The van der Waals surface area contributed by atoms with Gasteiger partial charge in [0.15, 0.2) is 0 Å². The molecular weight excluding hydrogens is 400 g/mol. The van der Waals surface area contributed by atoms with Gasteiger partial charge in [0, 0.05) is 12.7 Å². The highest BCUT2D eigenvalue weighted by molar-refractivity contribution is 7.89. The van der Waals surface area contributed by atoms with Crippen molar-refractivity contribution < 1.29 is 13.2 Å². The van der Waals surface area contributed by atoms with E-state index in [4.69, 9.17) is 0 Å². The largest absolute Gasteiger partial charge is 0.343 e. The molecule has 0 bridgehead atoms. The minimum atomic E-state index is -3.74. The van der Waals surface area contributed by atoms with Crippen molar-refractivity contribution in [3.8, 4) is 0 Å². The third kappa shape index (κ3) is 5.28. The molecule has 1 atom stereocenters. The maximum atomic E-state index is 12.9. The topological polar surface area (TPSA) is 101 Å². The van der Waals surface area contributed by atoms with Gasteiger partial charge in [0.2, 0.25) is 10.0 Å². The van der Waals surface area contributed by atoms with Gasteiger partial charge in [0.05, 0.1) is 10.9 Å². The van der Waals surface area contributed by atoms with Crippen LogP contribution in [0.15, 0.2) is 65.7 Å². The summed E-state index contributed by atoms with van der Waals surface area (Å²) in [5.41, 5.74) is 2.65. The molecule has 0 fully saturated rings. The molecule has 30 heavy (non-hydrogen) atoms. The Labute approximate surface area is 176 Å². The van der Waals surface area contributed by atoms with E-state index in [-0.39, 0.29) is 17.1 Å². The second kappa shape index (κ2) is 9.15. The second-order valence-electron chi connectivity index (χ2n) is 7.05. The van der Waals surface area contributed by atoms with Crippen LogP contribution in [0.1, 0.15) is 39.0 Å². The summed E-state index contributed by atoms with van der Waals surface area (Å²) in [6.07, 6.45) is 1.51. The van der Waals surface area contributed by atoms with E-state index >= 15 is 0 Å². The standard InChI is InChI=1S/C22H24N4O3S/c1-15-9-10-21(16(2)13-15)30(28,29)24-14-20(18-7-5-4-6-8-18)26-22(27)19-11-12-23-17(3)25-19/h4-13,20,24H,14H2,1-3H3,(H,26,27)/t20-/m1/s1. The Balaban J connectivity index is 1.82. The van der Waals surface area contributed by atoms with Crippen molar-refractivity contribution in [1.29, 1.82) is 0 Å². The van der Waals surface area contributed by atoms with Gasteiger partial charge in [-0.1, -0.05) is 48.0 Å². The number of rotatable bonds is 7. The predicted octanol–water partition coefficient (Wildman–Crippen LogP) is 2.85. The minimum Gasteiger partial charge on any atom is -0.343 e. The molecule has 0 spiro atoms. The highest BCUT2D eigenvalue weighted by Gasteiger charge is 2.22. The summed E-state index contributed by atoms with van der Waals surface area (Å²) < 4.78 is 28.3. The number of nitrogens with one attached hydrogen (secondary N) is 2. The lowest BCUT2D eigenvalue weighted by molar-refractivity contribution is 0.0931. The van der Waals surface area contributed by atoms with Gasteiger partial charge in [0.1, 0.15) is 11.5 Å². The molecule has 0 saturated carbocycles. The average molecular weight is 425 g/mol. The van der Waals surface area contributed by atoms with E-state index in [1.54, 1.807) is 26.0 Å². The van der Waals surface area contributed by atoms with Crippen LogP contribution in [-0.4, -0.2) is 30.8 Å². The molecular formula is C22H24N4O3S. The van der Waals surface area contributed by atoms with Gasteiger partial charge in [-0.05, 0) is 44.0 Å². The van der Waals surface area contributed by atoms with Gasteiger partial charge in [-0.25, -0.2) is 23.1 Å². The third-order valence-electron chi connectivity index (χ3n) is 4.61. The van der Waals surface area contributed by atoms with Crippen molar-refractivity contribution >= 4 is 15.9 Å². The molecule has 0 aliphatic heterocycles. The lowest BCUT2D eigenvalue weighted by Crippen LogP contribution is -2.38. The van der Waals surface area contributed by atoms with Crippen LogP contribution >= 0.6 is 0 Å². The number of hydrogen-bond acceptors (Lipinski definition) is 5. The van der Waals surface area contributed by atoms with Crippen molar-refractivity contribution in [1.82, 2.24) is 20.0 Å². The molecule has 0 aliphatic rings. The van der Waals surface area contributed by atoms with Gasteiger partial charge in [-0.15, -0.1) is 0 Å². The number of carbonyl (C=O) groups excluding carboxylic acids is 1. The van der Waals surface area contributed by atoms with Gasteiger partial charge in [0.25, 0.3) is 5.91 Å². The van der Waals surface area contributed by atoms with Gasteiger partial charge in [-0.2, -0.15) is 0 Å². The van der Waals surface area contributed by atoms with E-state index in [1.165, 1.54) is 12.3 Å². The first-order valence-electron chi connectivity index (χ1n) is 9.48. The molecule has 3 aromatic rings. The molecule has 0 unspecified atom stereocenters. The zero-order chi connectivity index (χ0) is 21.7. The number of aryl methyl sites for hydroxylation is 3. The summed E-state index contributed by atoms with van der Waals surface area (Å²) in [6.45, 7) is 5.36. The molecule has 156 valence electrons. The number of sulfonamides is 1. The highest BCUT2D eigenvalue weighted by atomic mass is 32.2. The van der Waals surface area contributed by atoms with Crippen LogP contribution in [0.5, 0.6) is 0 Å². The predicted molar refractivity (Wildman–Crippen MR) is 115 cm³/mol. The number of nitrogens with zero attached hydrogens (tertiary/aromatic N) is 2. The molecule has 1 aromatic heterocycles. The maximum absolute atomic E-state index is 12.9. The molecule has 1 amide bonds. The quantitative estimate of drug-likeness (QED) is 0.607. The lowest BCUT2D eigenvalue weighted by Gasteiger charge is -2.20. The zero-order valence-electron chi connectivity index (χ0n) is 17.1. The molecule has 0 saturated heterocycles. The molecule has 7 nitrogen and oxygen atoms in total. The van der Waals surface area contributed by atoms with Gasteiger partial charge < -0.3 is 5.32 Å². The van der Waals surface area contributed by atoms with Crippen LogP contribution in [0.25, 0.3) is 0 Å². The van der Waals surface area contributed by atoms with Crippen molar-refractivity contribution in [2.45, 2.75) is 31.7 Å². The van der Waals surface area contributed by atoms with Crippen molar-refractivity contribution in [3.05, 3.63) is 89.0 Å². The zero-order valence-corrected chi connectivity index (χ0v) is 17.9. The first kappa shape index (κ1) is 21.6. The van der Waals surface area contributed by atoms with Crippen LogP contribution in [0.3, 0.4) is 0 Å². The molecule has 8 heteroatoms. The number of aromatic nitrogens is 2. The maximum Gasteiger partial charge on any atom is 0.270 e. The van der Waals surface area contributed by atoms with Crippen molar-refractivity contribution in [2.24, 2.45) is 0 Å². The van der Waals surface area contributed by atoms with Crippen molar-refractivity contribution in [2.75, 3.05) is 6.54 Å². The van der Waals surface area contributed by atoms with Gasteiger partial charge >= 0.3 is 0 Å². The Morgan fingerprint density at radius 3 is 2.43 bits per heavy atom. The Hall–Kier alpha value is -3.10. The van der Waals surface area contributed by atoms with Gasteiger partial charge in [-0.3, -0.25) is 4.79 Å². The lowest BCUT2D eigenvalue weighted by atomic mass is 10.1. The minimum absolute atomic E-state index is 0.00450. The second-order valence-corrected chi connectivity index (χ2v) is 8.78. The summed E-state index contributed by atoms with van der Waals surface area (Å²) in [5.74, 6) is 0.0783. The summed E-state index contributed by atoms with van der Waals surface area (Å²) >= 11 is 0. The summed E-state index contributed by atoms with van der Waals surface area (Å²) in [4.78, 5) is 21.0. The SMILES string of the molecule is Cc1ccc(S(=O)(=O)NC[C@@H](NC(=O)c2ccnc(C)n2)c2ccccc2)c(C)c1. The fourth-order valence-electron chi connectivity index (χ4n) is 3.12. The summed E-state index contributed by atoms with van der Waals surface area (Å²) in [6, 6.07) is 15.3. The number of amides is 1. The number of hydrogen-bond donors (Lipinski definition) is 2. The van der Waals surface area contributed by atoms with Crippen LogP contribution in [0.2, 0.25) is 0 Å². The highest BCUT2D eigenvalue weighted by Crippen LogP contribution is 2.18. The Morgan fingerprint density at radius 2 is 1.77 bits per heavy atom. The van der Waals surface area contributed by atoms with E-state index < -0.39 is 22.0 Å². The molecule has 2 N–H and O–H groups in total. The smallest absolute Gasteiger partial charge is 0.270 e. The normalized spacial score (nSPS) is 12.4. The van der Waals surface area contributed by atoms with E-state index in [0.29, 0.717) is 11.4 Å². The van der Waals surface area contributed by atoms with Crippen LogP contribution in [-0.2, 0) is 10.0 Å². The summed E-state index contributed by atoms with van der Waals surface area (Å²) in [5, 5.41) is 2.87. The van der Waals surface area contributed by atoms with Crippen LogP contribution in [0, 0.1) is 20.8 Å².